The van der Waals surface area contributed by atoms with Crippen LogP contribution in [0.25, 0.3) is 0 Å². The first-order valence-electron chi connectivity index (χ1n) is 8.02. The van der Waals surface area contributed by atoms with Crippen molar-refractivity contribution in [1.82, 2.24) is 4.98 Å². The van der Waals surface area contributed by atoms with Crippen LogP contribution in [0.15, 0.2) is 42.6 Å². The van der Waals surface area contributed by atoms with Crippen LogP contribution in [0.4, 0.5) is 24.7 Å². The van der Waals surface area contributed by atoms with E-state index in [-0.39, 0.29) is 12.0 Å². The van der Waals surface area contributed by atoms with Crippen LogP contribution in [0.2, 0.25) is 0 Å². The summed E-state index contributed by atoms with van der Waals surface area (Å²) in [5.41, 5.74) is 6.86. The summed E-state index contributed by atoms with van der Waals surface area (Å²) < 4.78 is 43.5. The molecule has 2 atom stereocenters. The Morgan fingerprint density at radius 3 is 2.48 bits per heavy atom. The van der Waals surface area contributed by atoms with Gasteiger partial charge in [0, 0.05) is 19.6 Å². The van der Waals surface area contributed by atoms with Gasteiger partial charge in [0.05, 0.1) is 30.1 Å². The minimum Gasteiger partial charge on any atom is -0.384 e. The molecule has 1 fully saturated rings. The molecule has 1 aliphatic rings. The average molecular weight is 351 g/mol. The third-order valence-corrected chi connectivity index (χ3v) is 4.59. The Bertz CT molecular complexity index is 701. The number of hydrogen-bond donors (Lipinski definition) is 1. The maximum absolute atomic E-state index is 12.7. The zero-order chi connectivity index (χ0) is 18.0. The lowest BCUT2D eigenvalue weighted by molar-refractivity contribution is -0.137. The molecule has 134 valence electrons. The number of pyridine rings is 1. The van der Waals surface area contributed by atoms with Crippen LogP contribution < -0.4 is 10.6 Å². The second-order valence-electron chi connectivity index (χ2n) is 6.26. The topological polar surface area (TPSA) is 51.4 Å². The molecular weight excluding hydrogens is 331 g/mol. The van der Waals surface area contributed by atoms with Gasteiger partial charge in [-0.2, -0.15) is 13.2 Å². The summed E-state index contributed by atoms with van der Waals surface area (Å²) in [7, 11) is 1.64. The fourth-order valence-corrected chi connectivity index (χ4v) is 3.34. The predicted octanol–water partition coefficient (Wildman–Crippen LogP) is 3.69. The van der Waals surface area contributed by atoms with Gasteiger partial charge < -0.3 is 15.4 Å². The van der Waals surface area contributed by atoms with Crippen LogP contribution in [-0.2, 0) is 10.9 Å². The van der Waals surface area contributed by atoms with E-state index in [1.807, 2.05) is 6.07 Å². The Hall–Kier alpha value is -2.28. The molecule has 0 bridgehead atoms. The third kappa shape index (κ3) is 3.87. The van der Waals surface area contributed by atoms with Crippen molar-refractivity contribution in [2.75, 3.05) is 30.9 Å². The zero-order valence-corrected chi connectivity index (χ0v) is 13.8. The Kier molecular flexibility index (Phi) is 4.85. The number of ether oxygens (including phenoxy) is 1. The van der Waals surface area contributed by atoms with Gasteiger partial charge in [-0.25, -0.2) is 4.98 Å². The Morgan fingerprint density at radius 1 is 1.20 bits per heavy atom. The fraction of sp³-hybridized carbons (Fsp3) is 0.389. The van der Waals surface area contributed by atoms with Crippen molar-refractivity contribution in [2.24, 2.45) is 0 Å². The summed E-state index contributed by atoms with van der Waals surface area (Å²) in [5.74, 6) is 0.588. The summed E-state index contributed by atoms with van der Waals surface area (Å²) >= 11 is 0. The summed E-state index contributed by atoms with van der Waals surface area (Å²) in [5, 5.41) is 0. The van der Waals surface area contributed by atoms with Crippen molar-refractivity contribution in [3.63, 3.8) is 0 Å². The molecule has 25 heavy (non-hydrogen) atoms. The van der Waals surface area contributed by atoms with E-state index in [1.54, 1.807) is 31.5 Å². The number of anilines is 2. The SMILES string of the molecule is COC[C@@H]1CC(c2ccc(C(F)(F)F)cc2)CN1c1ccc(N)nc1. The van der Waals surface area contributed by atoms with Crippen molar-refractivity contribution in [3.05, 3.63) is 53.7 Å². The van der Waals surface area contributed by atoms with Crippen molar-refractivity contribution < 1.29 is 17.9 Å². The molecule has 1 aliphatic heterocycles. The highest BCUT2D eigenvalue weighted by molar-refractivity contribution is 5.51. The number of hydrogen-bond acceptors (Lipinski definition) is 4. The minimum absolute atomic E-state index is 0.139. The molecule has 2 heterocycles. The first-order chi connectivity index (χ1) is 11.9. The average Bonchev–Trinajstić information content (AvgIpc) is 2.99. The number of nitrogens with zero attached hydrogens (tertiary/aromatic N) is 2. The Morgan fingerprint density at radius 2 is 1.92 bits per heavy atom. The molecule has 0 spiro atoms. The van der Waals surface area contributed by atoms with Gasteiger partial charge in [0.15, 0.2) is 0 Å². The van der Waals surface area contributed by atoms with Crippen LogP contribution in [0, 0.1) is 0 Å². The molecule has 1 aromatic heterocycles. The molecule has 7 heteroatoms. The lowest BCUT2D eigenvalue weighted by Gasteiger charge is -2.25. The molecule has 1 saturated heterocycles. The second-order valence-corrected chi connectivity index (χ2v) is 6.26. The van der Waals surface area contributed by atoms with E-state index >= 15 is 0 Å². The van der Waals surface area contributed by atoms with E-state index < -0.39 is 11.7 Å². The molecule has 0 aliphatic carbocycles. The van der Waals surface area contributed by atoms with E-state index in [0.717, 1.165) is 29.8 Å². The van der Waals surface area contributed by atoms with Crippen molar-refractivity contribution in [2.45, 2.75) is 24.6 Å². The standard InChI is InChI=1S/C18H20F3N3O/c1-25-11-16-8-13(10-24(16)15-6-7-17(22)23-9-15)12-2-4-14(5-3-12)18(19,20)21/h2-7,9,13,16H,8,10-11H2,1H3,(H2,22,23)/t13?,16-/m0/s1. The first-order valence-corrected chi connectivity index (χ1v) is 8.02. The molecule has 4 nitrogen and oxygen atoms in total. The molecule has 0 radical (unpaired) electrons. The lowest BCUT2D eigenvalue weighted by atomic mass is 9.95. The smallest absolute Gasteiger partial charge is 0.384 e. The number of rotatable bonds is 4. The van der Waals surface area contributed by atoms with E-state index in [9.17, 15) is 13.2 Å². The van der Waals surface area contributed by atoms with Crippen LogP contribution in [0.5, 0.6) is 0 Å². The predicted molar refractivity (Wildman–Crippen MR) is 90.5 cm³/mol. The normalized spacial score (nSPS) is 20.9. The lowest BCUT2D eigenvalue weighted by Crippen LogP contribution is -2.32. The highest BCUT2D eigenvalue weighted by Gasteiger charge is 2.34. The summed E-state index contributed by atoms with van der Waals surface area (Å²) in [6, 6.07) is 9.22. The van der Waals surface area contributed by atoms with Gasteiger partial charge in [-0.3, -0.25) is 0 Å². The molecule has 0 amide bonds. The van der Waals surface area contributed by atoms with E-state index in [2.05, 4.69) is 9.88 Å². The number of halogens is 3. The van der Waals surface area contributed by atoms with Crippen LogP contribution in [-0.4, -0.2) is 31.3 Å². The molecule has 3 rings (SSSR count). The molecule has 0 saturated carbocycles. The largest absolute Gasteiger partial charge is 0.416 e. The van der Waals surface area contributed by atoms with Crippen LogP contribution in [0.1, 0.15) is 23.5 Å². The quantitative estimate of drug-likeness (QED) is 0.913. The van der Waals surface area contributed by atoms with Crippen LogP contribution in [0.3, 0.4) is 0 Å². The number of alkyl halides is 3. The minimum atomic E-state index is -4.31. The Labute approximate surface area is 144 Å². The third-order valence-electron chi connectivity index (χ3n) is 4.59. The number of benzene rings is 1. The van der Waals surface area contributed by atoms with E-state index in [1.165, 1.54) is 0 Å². The number of nitrogen functional groups attached to an aromatic ring is 1. The zero-order valence-electron chi connectivity index (χ0n) is 13.8. The van der Waals surface area contributed by atoms with E-state index in [0.29, 0.717) is 19.0 Å². The Balaban J connectivity index is 1.80. The number of methoxy groups -OCH3 is 1. The van der Waals surface area contributed by atoms with Crippen molar-refractivity contribution >= 4 is 11.5 Å². The van der Waals surface area contributed by atoms with Gasteiger partial charge in [0.1, 0.15) is 5.82 Å². The maximum Gasteiger partial charge on any atom is 0.416 e. The van der Waals surface area contributed by atoms with Crippen LogP contribution >= 0.6 is 0 Å². The van der Waals surface area contributed by atoms with Gasteiger partial charge in [-0.15, -0.1) is 0 Å². The summed E-state index contributed by atoms with van der Waals surface area (Å²) in [6.45, 7) is 1.24. The monoisotopic (exact) mass is 351 g/mol. The van der Waals surface area contributed by atoms with Gasteiger partial charge in [-0.1, -0.05) is 12.1 Å². The highest BCUT2D eigenvalue weighted by Crippen LogP contribution is 2.36. The second kappa shape index (κ2) is 6.92. The molecular formula is C18H20F3N3O. The highest BCUT2D eigenvalue weighted by atomic mass is 19.4. The molecule has 2 N–H and O–H groups in total. The van der Waals surface area contributed by atoms with Crippen molar-refractivity contribution in [1.29, 1.82) is 0 Å². The van der Waals surface area contributed by atoms with Gasteiger partial charge in [-0.05, 0) is 36.2 Å². The molecule has 2 aromatic rings. The first kappa shape index (κ1) is 17.5. The van der Waals surface area contributed by atoms with Crippen molar-refractivity contribution in [3.8, 4) is 0 Å². The maximum atomic E-state index is 12.7. The van der Waals surface area contributed by atoms with Gasteiger partial charge >= 0.3 is 6.18 Å². The van der Waals surface area contributed by atoms with Gasteiger partial charge in [0.2, 0.25) is 0 Å². The fourth-order valence-electron chi connectivity index (χ4n) is 3.34. The number of aromatic nitrogens is 1. The molecule has 1 aromatic carbocycles. The summed E-state index contributed by atoms with van der Waals surface area (Å²) in [4.78, 5) is 6.30. The summed E-state index contributed by atoms with van der Waals surface area (Å²) in [6.07, 6.45) is -1.79. The van der Waals surface area contributed by atoms with Gasteiger partial charge in [0.25, 0.3) is 0 Å². The number of nitrogens with two attached hydrogens (primary N) is 1. The van der Waals surface area contributed by atoms with E-state index in [4.69, 9.17) is 10.5 Å². The molecule has 1 unspecified atom stereocenters.